The van der Waals surface area contributed by atoms with Crippen molar-refractivity contribution >= 4 is 17.2 Å². The van der Waals surface area contributed by atoms with Gasteiger partial charge in [-0.25, -0.2) is 4.98 Å². The fraction of sp³-hybridized carbons (Fsp3) is 0.750. The number of carbonyl (C=O) groups excluding carboxylic acids is 1. The summed E-state index contributed by atoms with van der Waals surface area (Å²) in [5.41, 5.74) is 0.800. The van der Waals surface area contributed by atoms with Gasteiger partial charge in [0, 0.05) is 24.1 Å². The van der Waals surface area contributed by atoms with Crippen molar-refractivity contribution in [1.29, 1.82) is 0 Å². The molecule has 1 aromatic rings. The minimum Gasteiger partial charge on any atom is -0.372 e. The van der Waals surface area contributed by atoms with Gasteiger partial charge in [0.2, 0.25) is 5.91 Å². The third-order valence-corrected chi connectivity index (χ3v) is 4.10. The van der Waals surface area contributed by atoms with Crippen LogP contribution in [0, 0.1) is 0 Å². The highest BCUT2D eigenvalue weighted by atomic mass is 32.1. The molecule has 126 valence electrons. The SMILES string of the molecule is CCO[C@H](C)c1nc(CN(CC)CC(=O)NC(C)(C)C)cs1. The molecule has 5 nitrogen and oxygen atoms in total. The van der Waals surface area contributed by atoms with Crippen LogP contribution in [-0.2, 0) is 16.1 Å². The number of hydrogen-bond acceptors (Lipinski definition) is 5. The molecule has 1 rings (SSSR count). The van der Waals surface area contributed by atoms with E-state index in [1.54, 1.807) is 11.3 Å². The van der Waals surface area contributed by atoms with E-state index in [9.17, 15) is 4.79 Å². The van der Waals surface area contributed by atoms with E-state index in [0.717, 1.165) is 17.2 Å². The standard InChI is InChI=1S/C16H29N3O2S/c1-7-19(10-14(20)18-16(4,5)6)9-13-11-22-15(17-13)12(3)21-8-2/h11-12H,7-10H2,1-6H3,(H,18,20)/t12-/m1/s1. The van der Waals surface area contributed by atoms with Gasteiger partial charge in [-0.1, -0.05) is 6.92 Å². The molecule has 0 aliphatic rings. The Kier molecular flexibility index (Phi) is 7.45. The van der Waals surface area contributed by atoms with Crippen LogP contribution < -0.4 is 5.32 Å². The lowest BCUT2D eigenvalue weighted by molar-refractivity contribution is -0.123. The maximum absolute atomic E-state index is 12.0. The molecule has 0 unspecified atom stereocenters. The molecule has 0 saturated carbocycles. The first-order valence-corrected chi connectivity index (χ1v) is 8.72. The summed E-state index contributed by atoms with van der Waals surface area (Å²) in [6.45, 7) is 14.6. The lowest BCUT2D eigenvalue weighted by atomic mass is 10.1. The minimum atomic E-state index is -0.197. The smallest absolute Gasteiger partial charge is 0.234 e. The molecule has 0 aromatic carbocycles. The van der Waals surface area contributed by atoms with Crippen molar-refractivity contribution in [3.05, 3.63) is 16.1 Å². The monoisotopic (exact) mass is 327 g/mol. The Labute approximate surface area is 138 Å². The molecule has 0 saturated heterocycles. The molecule has 1 aromatic heterocycles. The van der Waals surface area contributed by atoms with Gasteiger partial charge in [0.1, 0.15) is 11.1 Å². The maximum Gasteiger partial charge on any atom is 0.234 e. The minimum absolute atomic E-state index is 0.0306. The van der Waals surface area contributed by atoms with E-state index >= 15 is 0 Å². The van der Waals surface area contributed by atoms with Crippen LogP contribution in [0.2, 0.25) is 0 Å². The summed E-state index contributed by atoms with van der Waals surface area (Å²) in [6.07, 6.45) is 0.0306. The van der Waals surface area contributed by atoms with Crippen LogP contribution in [-0.4, -0.2) is 41.0 Å². The highest BCUT2D eigenvalue weighted by Gasteiger charge is 2.17. The first-order chi connectivity index (χ1) is 10.2. The van der Waals surface area contributed by atoms with Gasteiger partial charge in [-0.3, -0.25) is 9.69 Å². The van der Waals surface area contributed by atoms with Crippen LogP contribution in [0.1, 0.15) is 58.3 Å². The summed E-state index contributed by atoms with van der Waals surface area (Å²) in [5, 5.41) is 6.03. The van der Waals surface area contributed by atoms with E-state index in [4.69, 9.17) is 4.74 Å². The molecule has 6 heteroatoms. The zero-order chi connectivity index (χ0) is 16.8. The average molecular weight is 327 g/mol. The second-order valence-electron chi connectivity index (χ2n) is 6.38. The van der Waals surface area contributed by atoms with Gasteiger partial charge < -0.3 is 10.1 Å². The molecule has 0 fully saturated rings. The van der Waals surface area contributed by atoms with E-state index in [1.807, 2.05) is 34.6 Å². The van der Waals surface area contributed by atoms with Crippen molar-refractivity contribution in [2.45, 2.75) is 59.7 Å². The summed E-state index contributed by atoms with van der Waals surface area (Å²) in [5.74, 6) is 0.0486. The highest BCUT2D eigenvalue weighted by molar-refractivity contribution is 7.09. The van der Waals surface area contributed by atoms with Crippen molar-refractivity contribution in [3.63, 3.8) is 0 Å². The van der Waals surface area contributed by atoms with Gasteiger partial charge in [0.25, 0.3) is 0 Å². The first kappa shape index (κ1) is 19.1. The lowest BCUT2D eigenvalue weighted by Gasteiger charge is -2.24. The predicted octanol–water partition coefficient (Wildman–Crippen LogP) is 2.98. The highest BCUT2D eigenvalue weighted by Crippen LogP contribution is 2.21. The number of aromatic nitrogens is 1. The zero-order valence-electron chi connectivity index (χ0n) is 14.6. The number of likely N-dealkylation sites (N-methyl/N-ethyl adjacent to an activating group) is 1. The molecule has 22 heavy (non-hydrogen) atoms. The van der Waals surface area contributed by atoms with Crippen LogP contribution in [0.5, 0.6) is 0 Å². The number of amides is 1. The normalized spacial score (nSPS) is 13.4. The maximum atomic E-state index is 12.0. The first-order valence-electron chi connectivity index (χ1n) is 7.84. The summed E-state index contributed by atoms with van der Waals surface area (Å²) < 4.78 is 5.56. The average Bonchev–Trinajstić information content (AvgIpc) is 2.84. The van der Waals surface area contributed by atoms with Crippen molar-refractivity contribution in [1.82, 2.24) is 15.2 Å². The topological polar surface area (TPSA) is 54.5 Å². The number of rotatable bonds is 8. The summed E-state index contributed by atoms with van der Waals surface area (Å²) in [6, 6.07) is 0. The molecule has 0 radical (unpaired) electrons. The van der Waals surface area contributed by atoms with Crippen LogP contribution >= 0.6 is 11.3 Å². The van der Waals surface area contributed by atoms with E-state index in [2.05, 4.69) is 27.5 Å². The molecule has 0 spiro atoms. The van der Waals surface area contributed by atoms with Gasteiger partial charge in [-0.2, -0.15) is 0 Å². The number of hydrogen-bond donors (Lipinski definition) is 1. The largest absolute Gasteiger partial charge is 0.372 e. The Morgan fingerprint density at radius 3 is 2.68 bits per heavy atom. The number of nitrogens with one attached hydrogen (secondary N) is 1. The Morgan fingerprint density at radius 2 is 2.14 bits per heavy atom. The summed E-state index contributed by atoms with van der Waals surface area (Å²) >= 11 is 1.62. The van der Waals surface area contributed by atoms with Crippen molar-refractivity contribution in [2.24, 2.45) is 0 Å². The van der Waals surface area contributed by atoms with E-state index < -0.39 is 0 Å². The predicted molar refractivity (Wildman–Crippen MR) is 91.0 cm³/mol. The van der Waals surface area contributed by atoms with Crippen molar-refractivity contribution in [2.75, 3.05) is 19.7 Å². The van der Waals surface area contributed by atoms with Crippen molar-refractivity contribution < 1.29 is 9.53 Å². The molecular weight excluding hydrogens is 298 g/mol. The fourth-order valence-electron chi connectivity index (χ4n) is 2.07. The van der Waals surface area contributed by atoms with Crippen LogP contribution in [0.4, 0.5) is 0 Å². The molecule has 0 bridgehead atoms. The van der Waals surface area contributed by atoms with Gasteiger partial charge in [0.05, 0.1) is 12.2 Å². The number of ether oxygens (including phenoxy) is 1. The van der Waals surface area contributed by atoms with Crippen LogP contribution in [0.15, 0.2) is 5.38 Å². The molecule has 1 heterocycles. The quantitative estimate of drug-likeness (QED) is 0.797. The lowest BCUT2D eigenvalue weighted by Crippen LogP contribution is -2.45. The molecule has 1 N–H and O–H groups in total. The molecule has 0 aliphatic carbocycles. The Bertz CT molecular complexity index is 468. The van der Waals surface area contributed by atoms with Crippen LogP contribution in [0.3, 0.4) is 0 Å². The van der Waals surface area contributed by atoms with E-state index in [0.29, 0.717) is 19.7 Å². The van der Waals surface area contributed by atoms with Gasteiger partial charge in [0.15, 0.2) is 0 Å². The number of thiazole rings is 1. The van der Waals surface area contributed by atoms with E-state index in [1.165, 1.54) is 0 Å². The second-order valence-corrected chi connectivity index (χ2v) is 7.27. The molecular formula is C16H29N3O2S. The summed E-state index contributed by atoms with van der Waals surface area (Å²) in [7, 11) is 0. The molecule has 0 aliphatic heterocycles. The van der Waals surface area contributed by atoms with E-state index in [-0.39, 0.29) is 17.6 Å². The third kappa shape index (κ3) is 6.85. The van der Waals surface area contributed by atoms with Gasteiger partial charge in [-0.05, 0) is 41.2 Å². The number of carbonyl (C=O) groups is 1. The third-order valence-electron chi connectivity index (χ3n) is 3.05. The number of nitrogens with zero attached hydrogens (tertiary/aromatic N) is 2. The molecule has 1 amide bonds. The Hall–Kier alpha value is -0.980. The Morgan fingerprint density at radius 1 is 1.45 bits per heavy atom. The second kappa shape index (κ2) is 8.60. The fourth-order valence-corrected chi connectivity index (χ4v) is 2.89. The molecule has 1 atom stereocenters. The zero-order valence-corrected chi connectivity index (χ0v) is 15.4. The summed E-state index contributed by atoms with van der Waals surface area (Å²) in [4.78, 5) is 18.7. The van der Waals surface area contributed by atoms with Gasteiger partial charge in [-0.15, -0.1) is 11.3 Å². The van der Waals surface area contributed by atoms with Crippen molar-refractivity contribution in [3.8, 4) is 0 Å². The van der Waals surface area contributed by atoms with Crippen LogP contribution in [0.25, 0.3) is 0 Å². The Balaban J connectivity index is 2.57. The van der Waals surface area contributed by atoms with Gasteiger partial charge >= 0.3 is 0 Å².